The number of hydrogen-bond acceptors (Lipinski definition) is 3. The van der Waals surface area contributed by atoms with E-state index in [4.69, 9.17) is 5.84 Å². The number of aromatic nitrogens is 2. The number of nitrogens with two attached hydrogens (primary N) is 1. The molecule has 0 amide bonds. The molecule has 1 unspecified atom stereocenters. The quantitative estimate of drug-likeness (QED) is 0.588. The first-order valence-corrected chi connectivity index (χ1v) is 5.25. The summed E-state index contributed by atoms with van der Waals surface area (Å²) in [5.41, 5.74) is 5.13. The molecule has 4 nitrogen and oxygen atoms in total. The van der Waals surface area contributed by atoms with Crippen LogP contribution >= 0.6 is 0 Å². The van der Waals surface area contributed by atoms with Crippen molar-refractivity contribution in [1.29, 1.82) is 0 Å². The Labute approximate surface area is 89.1 Å². The van der Waals surface area contributed by atoms with Crippen molar-refractivity contribution in [2.45, 2.75) is 25.8 Å². The largest absolute Gasteiger partial charge is 0.271 e. The maximum Gasteiger partial charge on any atom is 0.0709 e. The highest BCUT2D eigenvalue weighted by Gasteiger charge is 2.13. The molecule has 0 spiro atoms. The first kappa shape index (κ1) is 10.1. The Balaban J connectivity index is 2.41. The van der Waals surface area contributed by atoms with Crippen molar-refractivity contribution >= 4 is 5.52 Å². The monoisotopic (exact) mass is 204 g/mol. The molecule has 4 heteroatoms. The summed E-state index contributed by atoms with van der Waals surface area (Å²) in [6.45, 7) is 2.15. The molecule has 2 aromatic heterocycles. The van der Waals surface area contributed by atoms with E-state index in [1.54, 1.807) is 0 Å². The van der Waals surface area contributed by atoms with Gasteiger partial charge in [-0.2, -0.15) is 5.10 Å². The topological polar surface area (TPSA) is 55.3 Å². The van der Waals surface area contributed by atoms with Gasteiger partial charge >= 0.3 is 0 Å². The molecule has 2 aromatic rings. The van der Waals surface area contributed by atoms with E-state index in [0.29, 0.717) is 0 Å². The standard InChI is InChI=1S/C11H16N4/c1-2-5-10(14-12)9-8-13-15-7-4-3-6-11(9)15/h3-4,6-8,10,14H,2,5,12H2,1H3. The van der Waals surface area contributed by atoms with Crippen molar-refractivity contribution < 1.29 is 0 Å². The molecule has 0 radical (unpaired) electrons. The summed E-state index contributed by atoms with van der Waals surface area (Å²) in [4.78, 5) is 0. The van der Waals surface area contributed by atoms with Gasteiger partial charge in [0.05, 0.1) is 11.7 Å². The molecular formula is C11H16N4. The molecule has 1 atom stereocenters. The smallest absolute Gasteiger partial charge is 0.0709 e. The Morgan fingerprint density at radius 2 is 2.40 bits per heavy atom. The number of nitrogens with zero attached hydrogens (tertiary/aromatic N) is 2. The molecule has 0 aliphatic rings. The minimum atomic E-state index is 0.190. The van der Waals surface area contributed by atoms with Gasteiger partial charge in [-0.15, -0.1) is 0 Å². The van der Waals surface area contributed by atoms with Crippen molar-refractivity contribution in [3.8, 4) is 0 Å². The zero-order valence-electron chi connectivity index (χ0n) is 8.85. The molecule has 0 bridgehead atoms. The van der Waals surface area contributed by atoms with Gasteiger partial charge in [-0.25, -0.2) is 4.52 Å². The van der Waals surface area contributed by atoms with Crippen LogP contribution < -0.4 is 11.3 Å². The molecule has 2 heterocycles. The molecular weight excluding hydrogens is 188 g/mol. The second kappa shape index (κ2) is 4.42. The number of pyridine rings is 1. The van der Waals surface area contributed by atoms with E-state index in [-0.39, 0.29) is 6.04 Å². The van der Waals surface area contributed by atoms with Gasteiger partial charge in [0.15, 0.2) is 0 Å². The maximum atomic E-state index is 5.55. The Kier molecular flexibility index (Phi) is 2.99. The average Bonchev–Trinajstić information content (AvgIpc) is 2.70. The van der Waals surface area contributed by atoms with Crippen LogP contribution in [0.15, 0.2) is 30.6 Å². The number of nitrogens with one attached hydrogen (secondary N) is 1. The van der Waals surface area contributed by atoms with Crippen molar-refractivity contribution in [2.24, 2.45) is 5.84 Å². The fourth-order valence-corrected chi connectivity index (χ4v) is 1.84. The third-order valence-corrected chi connectivity index (χ3v) is 2.61. The molecule has 0 saturated heterocycles. The van der Waals surface area contributed by atoms with Gasteiger partial charge in [-0.1, -0.05) is 19.4 Å². The molecule has 15 heavy (non-hydrogen) atoms. The fraction of sp³-hybridized carbons (Fsp3) is 0.364. The lowest BCUT2D eigenvalue weighted by atomic mass is 10.0. The lowest BCUT2D eigenvalue weighted by Gasteiger charge is -2.13. The van der Waals surface area contributed by atoms with Gasteiger partial charge in [0.25, 0.3) is 0 Å². The molecule has 3 N–H and O–H groups in total. The number of rotatable bonds is 4. The zero-order chi connectivity index (χ0) is 10.7. The molecule has 2 rings (SSSR count). The van der Waals surface area contributed by atoms with E-state index in [1.807, 2.05) is 29.0 Å². The first-order chi connectivity index (χ1) is 7.36. The summed E-state index contributed by atoms with van der Waals surface area (Å²) in [5.74, 6) is 5.55. The van der Waals surface area contributed by atoms with E-state index in [2.05, 4.69) is 23.5 Å². The second-order valence-corrected chi connectivity index (χ2v) is 3.64. The van der Waals surface area contributed by atoms with Gasteiger partial charge in [-0.05, 0) is 18.6 Å². The molecule has 0 aliphatic heterocycles. The Morgan fingerprint density at radius 3 is 3.13 bits per heavy atom. The van der Waals surface area contributed by atoms with Crippen LogP contribution in [0.25, 0.3) is 5.52 Å². The Morgan fingerprint density at radius 1 is 1.53 bits per heavy atom. The third kappa shape index (κ3) is 1.86. The van der Waals surface area contributed by atoms with Crippen LogP contribution in [0.2, 0.25) is 0 Å². The van der Waals surface area contributed by atoms with Crippen molar-refractivity contribution in [2.75, 3.05) is 0 Å². The molecule has 0 aliphatic carbocycles. The summed E-state index contributed by atoms with van der Waals surface area (Å²) < 4.78 is 1.87. The first-order valence-electron chi connectivity index (χ1n) is 5.25. The van der Waals surface area contributed by atoms with E-state index < -0.39 is 0 Å². The normalized spacial score (nSPS) is 13.2. The third-order valence-electron chi connectivity index (χ3n) is 2.61. The van der Waals surface area contributed by atoms with E-state index in [9.17, 15) is 0 Å². The summed E-state index contributed by atoms with van der Waals surface area (Å²) in [5, 5.41) is 4.29. The average molecular weight is 204 g/mol. The van der Waals surface area contributed by atoms with Crippen molar-refractivity contribution in [1.82, 2.24) is 15.0 Å². The number of fused-ring (bicyclic) bond motifs is 1. The van der Waals surface area contributed by atoms with E-state index in [1.165, 1.54) is 5.56 Å². The minimum Gasteiger partial charge on any atom is -0.271 e. The fourth-order valence-electron chi connectivity index (χ4n) is 1.84. The van der Waals surface area contributed by atoms with Gasteiger partial charge < -0.3 is 0 Å². The summed E-state index contributed by atoms with van der Waals surface area (Å²) in [6, 6.07) is 6.23. The molecule has 0 fully saturated rings. The van der Waals surface area contributed by atoms with Crippen LogP contribution in [0.4, 0.5) is 0 Å². The lowest BCUT2D eigenvalue weighted by Crippen LogP contribution is -2.27. The second-order valence-electron chi connectivity index (χ2n) is 3.64. The summed E-state index contributed by atoms with van der Waals surface area (Å²) in [7, 11) is 0. The van der Waals surface area contributed by atoms with Crippen LogP contribution in [0, 0.1) is 0 Å². The van der Waals surface area contributed by atoms with Gasteiger partial charge in [0.1, 0.15) is 0 Å². The Bertz CT molecular complexity index is 435. The van der Waals surface area contributed by atoms with Crippen LogP contribution in [0.1, 0.15) is 31.4 Å². The molecule has 80 valence electrons. The van der Waals surface area contributed by atoms with Gasteiger partial charge in [-0.3, -0.25) is 11.3 Å². The summed E-state index contributed by atoms with van der Waals surface area (Å²) >= 11 is 0. The maximum absolute atomic E-state index is 5.55. The molecule has 0 aromatic carbocycles. The SMILES string of the molecule is CCCC(NN)c1cnn2ccccc12. The Hall–Kier alpha value is -1.39. The highest BCUT2D eigenvalue weighted by Crippen LogP contribution is 2.21. The van der Waals surface area contributed by atoms with Crippen LogP contribution in [-0.2, 0) is 0 Å². The van der Waals surface area contributed by atoms with E-state index >= 15 is 0 Å². The lowest BCUT2D eigenvalue weighted by molar-refractivity contribution is 0.513. The van der Waals surface area contributed by atoms with Gasteiger partial charge in [0.2, 0.25) is 0 Å². The highest BCUT2D eigenvalue weighted by atomic mass is 15.3. The number of hydrogen-bond donors (Lipinski definition) is 2. The predicted molar refractivity (Wildman–Crippen MR) is 60.2 cm³/mol. The zero-order valence-corrected chi connectivity index (χ0v) is 8.85. The predicted octanol–water partition coefficient (Wildman–Crippen LogP) is 1.64. The minimum absolute atomic E-state index is 0.190. The number of hydrazine groups is 1. The van der Waals surface area contributed by atoms with Crippen LogP contribution in [-0.4, -0.2) is 9.61 Å². The van der Waals surface area contributed by atoms with E-state index in [0.717, 1.165) is 18.4 Å². The highest BCUT2D eigenvalue weighted by molar-refractivity contribution is 5.54. The molecule has 0 saturated carbocycles. The van der Waals surface area contributed by atoms with Crippen LogP contribution in [0.3, 0.4) is 0 Å². The van der Waals surface area contributed by atoms with Crippen molar-refractivity contribution in [3.63, 3.8) is 0 Å². The van der Waals surface area contributed by atoms with Crippen LogP contribution in [0.5, 0.6) is 0 Å². The van der Waals surface area contributed by atoms with Gasteiger partial charge in [0, 0.05) is 17.8 Å². The summed E-state index contributed by atoms with van der Waals surface area (Å²) in [6.07, 6.45) is 5.94. The van der Waals surface area contributed by atoms with Crippen molar-refractivity contribution in [3.05, 3.63) is 36.2 Å².